The molecule has 2 N–H and O–H groups in total. The maximum absolute atomic E-state index is 11.2. The van der Waals surface area contributed by atoms with Gasteiger partial charge in [-0.3, -0.25) is 4.79 Å². The molecule has 0 aromatic heterocycles. The standard InChI is InChI=1S/C17H19NO2/c1-12-4-3-5-15(10-12)13-6-8-14(9-7-13)16(18)11-17(19)20-2/h3-10,16H,11,18H2,1-2H3/t16-/m0/s1. The van der Waals surface area contributed by atoms with Gasteiger partial charge in [-0.1, -0.05) is 54.1 Å². The Labute approximate surface area is 119 Å². The molecule has 3 nitrogen and oxygen atoms in total. The van der Waals surface area contributed by atoms with Crippen molar-refractivity contribution in [1.82, 2.24) is 0 Å². The number of aryl methyl sites for hydroxylation is 1. The average Bonchev–Trinajstić information content (AvgIpc) is 2.47. The number of hydrogen-bond donors (Lipinski definition) is 1. The maximum Gasteiger partial charge on any atom is 0.307 e. The predicted molar refractivity (Wildman–Crippen MR) is 80.2 cm³/mol. The Morgan fingerprint density at radius 2 is 1.85 bits per heavy atom. The number of carbonyl (C=O) groups is 1. The van der Waals surface area contributed by atoms with Crippen LogP contribution in [0, 0.1) is 6.92 Å². The second-order valence-electron chi connectivity index (χ2n) is 4.88. The zero-order chi connectivity index (χ0) is 14.5. The molecule has 0 heterocycles. The van der Waals surface area contributed by atoms with Crippen LogP contribution >= 0.6 is 0 Å². The molecule has 0 unspecified atom stereocenters. The smallest absolute Gasteiger partial charge is 0.307 e. The summed E-state index contributed by atoms with van der Waals surface area (Å²) in [5.41, 5.74) is 10.5. The topological polar surface area (TPSA) is 52.3 Å². The third-order valence-electron chi connectivity index (χ3n) is 3.30. The van der Waals surface area contributed by atoms with Crippen LogP contribution in [0.2, 0.25) is 0 Å². The van der Waals surface area contributed by atoms with Crippen LogP contribution in [0.5, 0.6) is 0 Å². The molecule has 0 aliphatic heterocycles. The molecule has 0 amide bonds. The Morgan fingerprint density at radius 3 is 2.45 bits per heavy atom. The molecule has 20 heavy (non-hydrogen) atoms. The van der Waals surface area contributed by atoms with E-state index in [2.05, 4.69) is 29.9 Å². The fraction of sp³-hybridized carbons (Fsp3) is 0.235. The van der Waals surface area contributed by atoms with E-state index in [4.69, 9.17) is 5.73 Å². The molecule has 0 saturated carbocycles. The SMILES string of the molecule is COC(=O)C[C@H](N)c1ccc(-c2cccc(C)c2)cc1. The highest BCUT2D eigenvalue weighted by Crippen LogP contribution is 2.23. The molecule has 0 saturated heterocycles. The van der Waals surface area contributed by atoms with E-state index >= 15 is 0 Å². The second kappa shape index (κ2) is 6.35. The van der Waals surface area contributed by atoms with E-state index in [0.717, 1.165) is 11.1 Å². The number of hydrogen-bond acceptors (Lipinski definition) is 3. The monoisotopic (exact) mass is 269 g/mol. The Balaban J connectivity index is 2.16. The summed E-state index contributed by atoms with van der Waals surface area (Å²) in [6.45, 7) is 2.07. The minimum Gasteiger partial charge on any atom is -0.469 e. The number of benzene rings is 2. The van der Waals surface area contributed by atoms with Gasteiger partial charge in [-0.25, -0.2) is 0 Å². The van der Waals surface area contributed by atoms with Crippen molar-refractivity contribution in [3.63, 3.8) is 0 Å². The van der Waals surface area contributed by atoms with Crippen molar-refractivity contribution in [2.75, 3.05) is 7.11 Å². The molecule has 104 valence electrons. The van der Waals surface area contributed by atoms with Gasteiger partial charge < -0.3 is 10.5 Å². The first-order chi connectivity index (χ1) is 9.60. The van der Waals surface area contributed by atoms with Gasteiger partial charge in [0.25, 0.3) is 0 Å². The number of ether oxygens (including phenoxy) is 1. The van der Waals surface area contributed by atoms with E-state index in [-0.39, 0.29) is 18.4 Å². The van der Waals surface area contributed by atoms with Gasteiger partial charge in [0.2, 0.25) is 0 Å². The molecule has 2 aromatic carbocycles. The summed E-state index contributed by atoms with van der Waals surface area (Å²) in [6, 6.07) is 16.0. The highest BCUT2D eigenvalue weighted by atomic mass is 16.5. The minimum absolute atomic E-state index is 0.195. The zero-order valence-electron chi connectivity index (χ0n) is 11.8. The summed E-state index contributed by atoms with van der Waals surface area (Å²) in [5, 5.41) is 0. The normalized spacial score (nSPS) is 11.9. The summed E-state index contributed by atoms with van der Waals surface area (Å²) in [5.74, 6) is -0.291. The number of rotatable bonds is 4. The van der Waals surface area contributed by atoms with Gasteiger partial charge in [-0.15, -0.1) is 0 Å². The molecule has 0 aliphatic carbocycles. The number of nitrogens with two attached hydrogens (primary N) is 1. The fourth-order valence-electron chi connectivity index (χ4n) is 2.13. The van der Waals surface area contributed by atoms with Crippen molar-refractivity contribution in [2.24, 2.45) is 5.73 Å². The third-order valence-corrected chi connectivity index (χ3v) is 3.30. The Morgan fingerprint density at radius 1 is 1.15 bits per heavy atom. The Kier molecular flexibility index (Phi) is 4.53. The summed E-state index contributed by atoms with van der Waals surface area (Å²) in [6.07, 6.45) is 0.195. The molecule has 0 radical (unpaired) electrons. The van der Waals surface area contributed by atoms with E-state index in [1.165, 1.54) is 18.2 Å². The Hall–Kier alpha value is -2.13. The van der Waals surface area contributed by atoms with Crippen LogP contribution in [0.3, 0.4) is 0 Å². The van der Waals surface area contributed by atoms with Crippen molar-refractivity contribution >= 4 is 5.97 Å². The zero-order valence-corrected chi connectivity index (χ0v) is 11.8. The van der Waals surface area contributed by atoms with Gasteiger partial charge in [-0.05, 0) is 23.6 Å². The van der Waals surface area contributed by atoms with Crippen molar-refractivity contribution < 1.29 is 9.53 Å². The van der Waals surface area contributed by atoms with Gasteiger partial charge >= 0.3 is 5.97 Å². The molecule has 2 rings (SSSR count). The summed E-state index contributed by atoms with van der Waals surface area (Å²) in [4.78, 5) is 11.2. The van der Waals surface area contributed by atoms with Crippen LogP contribution < -0.4 is 5.73 Å². The highest BCUT2D eigenvalue weighted by Gasteiger charge is 2.11. The summed E-state index contributed by atoms with van der Waals surface area (Å²) >= 11 is 0. The molecule has 0 aliphatic rings. The number of carbonyl (C=O) groups excluding carboxylic acids is 1. The molecule has 0 spiro atoms. The Bertz CT molecular complexity index is 590. The van der Waals surface area contributed by atoms with Gasteiger partial charge in [-0.2, -0.15) is 0 Å². The number of esters is 1. The van der Waals surface area contributed by atoms with Crippen LogP contribution in [-0.4, -0.2) is 13.1 Å². The lowest BCUT2D eigenvalue weighted by Crippen LogP contribution is -2.16. The first-order valence-corrected chi connectivity index (χ1v) is 6.59. The van der Waals surface area contributed by atoms with Gasteiger partial charge in [0.05, 0.1) is 13.5 Å². The van der Waals surface area contributed by atoms with E-state index < -0.39 is 0 Å². The molecule has 2 aromatic rings. The molecule has 0 bridgehead atoms. The predicted octanol–water partition coefficient (Wildman–Crippen LogP) is 3.22. The van der Waals surface area contributed by atoms with Gasteiger partial charge in [0, 0.05) is 6.04 Å². The molecular weight excluding hydrogens is 250 g/mol. The third kappa shape index (κ3) is 3.45. The van der Waals surface area contributed by atoms with Crippen LogP contribution in [0.25, 0.3) is 11.1 Å². The highest BCUT2D eigenvalue weighted by molar-refractivity contribution is 5.70. The van der Waals surface area contributed by atoms with Gasteiger partial charge in [0.15, 0.2) is 0 Å². The molecule has 1 atom stereocenters. The molecule has 3 heteroatoms. The minimum atomic E-state index is -0.325. The van der Waals surface area contributed by atoms with E-state index in [1.54, 1.807) is 0 Å². The lowest BCUT2D eigenvalue weighted by atomic mass is 9.99. The lowest BCUT2D eigenvalue weighted by molar-refractivity contribution is -0.141. The van der Waals surface area contributed by atoms with Gasteiger partial charge in [0.1, 0.15) is 0 Å². The van der Waals surface area contributed by atoms with Crippen LogP contribution in [0.4, 0.5) is 0 Å². The van der Waals surface area contributed by atoms with Crippen molar-refractivity contribution in [3.8, 4) is 11.1 Å². The van der Waals surface area contributed by atoms with E-state index in [0.29, 0.717) is 0 Å². The fourth-order valence-corrected chi connectivity index (χ4v) is 2.13. The van der Waals surface area contributed by atoms with Crippen molar-refractivity contribution in [2.45, 2.75) is 19.4 Å². The largest absolute Gasteiger partial charge is 0.469 e. The number of methoxy groups -OCH3 is 1. The quantitative estimate of drug-likeness (QED) is 0.867. The molecule has 0 fully saturated rings. The second-order valence-corrected chi connectivity index (χ2v) is 4.88. The summed E-state index contributed by atoms with van der Waals surface area (Å²) in [7, 11) is 1.37. The summed E-state index contributed by atoms with van der Waals surface area (Å²) < 4.78 is 4.63. The van der Waals surface area contributed by atoms with Crippen molar-refractivity contribution in [3.05, 3.63) is 59.7 Å². The van der Waals surface area contributed by atoms with E-state index in [1.807, 2.05) is 30.3 Å². The van der Waals surface area contributed by atoms with Crippen LogP contribution in [0.1, 0.15) is 23.6 Å². The first-order valence-electron chi connectivity index (χ1n) is 6.59. The maximum atomic E-state index is 11.2. The average molecular weight is 269 g/mol. The van der Waals surface area contributed by atoms with Crippen LogP contribution in [0.15, 0.2) is 48.5 Å². The van der Waals surface area contributed by atoms with E-state index in [9.17, 15) is 4.79 Å². The van der Waals surface area contributed by atoms with Crippen LogP contribution in [-0.2, 0) is 9.53 Å². The lowest BCUT2D eigenvalue weighted by Gasteiger charge is -2.11. The first kappa shape index (κ1) is 14.3. The molecular formula is C17H19NO2. The van der Waals surface area contributed by atoms with Crippen molar-refractivity contribution in [1.29, 1.82) is 0 Å².